The van der Waals surface area contributed by atoms with Gasteiger partial charge in [-0.25, -0.2) is 13.9 Å². The Balaban J connectivity index is 0.000000396. The Morgan fingerprint density at radius 2 is 1.93 bits per heavy atom. The van der Waals surface area contributed by atoms with Gasteiger partial charge < -0.3 is 15.1 Å². The van der Waals surface area contributed by atoms with Gasteiger partial charge >= 0.3 is 12.1 Å². The number of carboxylic acid groups (broad SMARTS) is 1. The van der Waals surface area contributed by atoms with Gasteiger partial charge in [0.25, 0.3) is 0 Å². The molecule has 1 atom stereocenters. The molecule has 1 fully saturated rings. The van der Waals surface area contributed by atoms with Crippen molar-refractivity contribution in [3.05, 3.63) is 48.0 Å². The third kappa shape index (κ3) is 6.78. The second kappa shape index (κ2) is 10.5. The van der Waals surface area contributed by atoms with Gasteiger partial charge in [0, 0.05) is 50.6 Å². The van der Waals surface area contributed by atoms with Crippen molar-refractivity contribution in [2.45, 2.75) is 25.2 Å². The lowest BCUT2D eigenvalue weighted by atomic mass is 10.1. The van der Waals surface area contributed by atoms with Crippen LogP contribution in [0.15, 0.2) is 36.7 Å². The van der Waals surface area contributed by atoms with Gasteiger partial charge in [0.15, 0.2) is 0 Å². The number of aliphatic hydroxyl groups is 1. The number of hydrogen-bond donors (Lipinski definition) is 2. The van der Waals surface area contributed by atoms with E-state index >= 15 is 0 Å². The van der Waals surface area contributed by atoms with Gasteiger partial charge in [-0.2, -0.15) is 18.3 Å². The van der Waals surface area contributed by atoms with Crippen LogP contribution >= 0.6 is 0 Å². The highest BCUT2D eigenvalue weighted by molar-refractivity contribution is 5.73. The minimum Gasteiger partial charge on any atom is -0.475 e. The molecule has 2 aromatic rings. The topological polar surface area (TPSA) is 81.8 Å². The summed E-state index contributed by atoms with van der Waals surface area (Å²) in [5.74, 6) is -3.03. The van der Waals surface area contributed by atoms with Crippen LogP contribution in [0.2, 0.25) is 0 Å². The van der Waals surface area contributed by atoms with Gasteiger partial charge in [-0.15, -0.1) is 0 Å². The number of nitrogens with zero attached hydrogens (tertiary/aromatic N) is 4. The molecule has 0 aliphatic carbocycles. The number of alkyl halides is 3. The lowest BCUT2D eigenvalue weighted by Crippen LogP contribution is -2.51. The van der Waals surface area contributed by atoms with Crippen LogP contribution in [-0.2, 0) is 11.3 Å². The summed E-state index contributed by atoms with van der Waals surface area (Å²) in [7, 11) is 2.11. The van der Waals surface area contributed by atoms with Crippen molar-refractivity contribution in [3.8, 4) is 5.69 Å². The average molecular weight is 432 g/mol. The first-order valence-electron chi connectivity index (χ1n) is 9.23. The van der Waals surface area contributed by atoms with Crippen molar-refractivity contribution in [1.29, 1.82) is 0 Å². The number of aliphatic carboxylic acids is 1. The number of aromatic nitrogens is 2. The molecule has 0 spiro atoms. The van der Waals surface area contributed by atoms with Crippen molar-refractivity contribution in [1.82, 2.24) is 19.6 Å². The van der Waals surface area contributed by atoms with Crippen LogP contribution in [0.5, 0.6) is 0 Å². The highest BCUT2D eigenvalue weighted by Crippen LogP contribution is 2.16. The number of likely N-dealkylation sites (N-methyl/N-ethyl adjacent to an activating group) is 1. The third-order valence-corrected chi connectivity index (χ3v) is 4.71. The summed E-state index contributed by atoms with van der Waals surface area (Å²) in [6.45, 7) is 3.93. The van der Waals surface area contributed by atoms with Gasteiger partial charge in [0.2, 0.25) is 0 Å². The first kappa shape index (κ1) is 23.8. The normalized spacial score (nSPS) is 18.0. The smallest absolute Gasteiger partial charge is 0.475 e. The SMILES string of the molecule is CN1CCN(Cc2cnn(-c3ccccc3F)c2)CC1CCO.O=C(O)C(F)(F)F. The van der Waals surface area contributed by atoms with Crippen molar-refractivity contribution < 1.29 is 32.6 Å². The number of carboxylic acids is 1. The van der Waals surface area contributed by atoms with E-state index in [0.29, 0.717) is 11.7 Å². The zero-order chi connectivity index (χ0) is 22.3. The molecule has 2 N–H and O–H groups in total. The standard InChI is InChI=1S/C17H23FN4O.C2HF3O2/c1-20-7-8-21(13-15(20)6-9-23)11-14-10-19-22(12-14)17-5-3-2-4-16(17)18;3-2(4,5)1(6)7/h2-5,10,12,15,23H,6-9,11,13H2,1H3;(H,6,7). The molecule has 0 bridgehead atoms. The minimum absolute atomic E-state index is 0.216. The molecule has 1 saturated heterocycles. The summed E-state index contributed by atoms with van der Waals surface area (Å²) in [4.78, 5) is 13.6. The maximum Gasteiger partial charge on any atom is 0.490 e. The van der Waals surface area contributed by atoms with Crippen LogP contribution < -0.4 is 0 Å². The van der Waals surface area contributed by atoms with Gasteiger partial charge in [-0.1, -0.05) is 12.1 Å². The van der Waals surface area contributed by atoms with Crippen LogP contribution in [0.3, 0.4) is 0 Å². The molecule has 1 aromatic heterocycles. The summed E-state index contributed by atoms with van der Waals surface area (Å²) in [6.07, 6.45) is -0.606. The fourth-order valence-electron chi connectivity index (χ4n) is 3.08. The molecule has 11 heteroatoms. The summed E-state index contributed by atoms with van der Waals surface area (Å²) >= 11 is 0. The zero-order valence-corrected chi connectivity index (χ0v) is 16.4. The Kier molecular flexibility index (Phi) is 8.33. The molecule has 166 valence electrons. The lowest BCUT2D eigenvalue weighted by molar-refractivity contribution is -0.192. The van der Waals surface area contributed by atoms with Crippen LogP contribution in [0.1, 0.15) is 12.0 Å². The van der Waals surface area contributed by atoms with E-state index in [1.54, 1.807) is 29.1 Å². The number of halogens is 4. The number of hydrogen-bond acceptors (Lipinski definition) is 5. The number of aliphatic hydroxyl groups excluding tert-OH is 1. The maximum absolute atomic E-state index is 13.8. The van der Waals surface area contributed by atoms with Crippen LogP contribution in [-0.4, -0.2) is 81.3 Å². The zero-order valence-electron chi connectivity index (χ0n) is 16.4. The quantitative estimate of drug-likeness (QED) is 0.705. The van der Waals surface area contributed by atoms with E-state index in [0.717, 1.165) is 38.2 Å². The molecular formula is C19H24F4N4O3. The number of para-hydroxylation sites is 1. The Morgan fingerprint density at radius 1 is 1.27 bits per heavy atom. The molecule has 1 aromatic carbocycles. The van der Waals surface area contributed by atoms with E-state index in [-0.39, 0.29) is 12.4 Å². The Morgan fingerprint density at radius 3 is 2.53 bits per heavy atom. The molecule has 7 nitrogen and oxygen atoms in total. The summed E-state index contributed by atoms with van der Waals surface area (Å²) in [6, 6.07) is 7.03. The average Bonchev–Trinajstić information content (AvgIpc) is 3.13. The van der Waals surface area contributed by atoms with E-state index in [1.807, 2.05) is 6.20 Å². The molecular weight excluding hydrogens is 408 g/mol. The first-order valence-corrected chi connectivity index (χ1v) is 9.23. The lowest BCUT2D eigenvalue weighted by Gasteiger charge is -2.39. The molecule has 30 heavy (non-hydrogen) atoms. The molecule has 3 rings (SSSR count). The van der Waals surface area contributed by atoms with E-state index in [2.05, 4.69) is 21.9 Å². The Bertz CT molecular complexity index is 828. The van der Waals surface area contributed by atoms with Crippen LogP contribution in [0, 0.1) is 5.82 Å². The highest BCUT2D eigenvalue weighted by Gasteiger charge is 2.38. The maximum atomic E-state index is 13.8. The Hall–Kier alpha value is -2.50. The van der Waals surface area contributed by atoms with Crippen molar-refractivity contribution >= 4 is 5.97 Å². The molecule has 0 saturated carbocycles. The molecule has 0 amide bonds. The number of rotatable bonds is 5. The third-order valence-electron chi connectivity index (χ3n) is 4.71. The van der Waals surface area contributed by atoms with Crippen molar-refractivity contribution in [2.24, 2.45) is 0 Å². The van der Waals surface area contributed by atoms with Crippen molar-refractivity contribution in [3.63, 3.8) is 0 Å². The van der Waals surface area contributed by atoms with E-state index < -0.39 is 12.1 Å². The minimum atomic E-state index is -5.08. The van der Waals surface area contributed by atoms with Crippen molar-refractivity contribution in [2.75, 3.05) is 33.3 Å². The van der Waals surface area contributed by atoms with Gasteiger partial charge in [0.1, 0.15) is 11.5 Å². The second-order valence-corrected chi connectivity index (χ2v) is 6.93. The summed E-state index contributed by atoms with van der Waals surface area (Å²) < 4.78 is 47.1. The number of benzene rings is 1. The first-order chi connectivity index (χ1) is 14.1. The molecule has 0 radical (unpaired) electrons. The largest absolute Gasteiger partial charge is 0.490 e. The van der Waals surface area contributed by atoms with Gasteiger partial charge in [0.05, 0.1) is 6.20 Å². The molecule has 1 unspecified atom stereocenters. The summed E-state index contributed by atoms with van der Waals surface area (Å²) in [5.41, 5.74) is 1.54. The fraction of sp³-hybridized carbons (Fsp3) is 0.474. The monoisotopic (exact) mass is 432 g/mol. The van der Waals surface area contributed by atoms with Gasteiger partial charge in [-0.05, 0) is 25.6 Å². The van der Waals surface area contributed by atoms with Crippen LogP contribution in [0.4, 0.5) is 17.6 Å². The highest BCUT2D eigenvalue weighted by atomic mass is 19.4. The molecule has 1 aliphatic rings. The van der Waals surface area contributed by atoms with E-state index in [9.17, 15) is 22.7 Å². The number of piperazine rings is 1. The molecule has 2 heterocycles. The predicted molar refractivity (Wildman–Crippen MR) is 101 cm³/mol. The predicted octanol–water partition coefficient (Wildman–Crippen LogP) is 2.14. The number of carbonyl (C=O) groups is 1. The Labute approximate surface area is 171 Å². The van der Waals surface area contributed by atoms with Gasteiger partial charge in [-0.3, -0.25) is 4.90 Å². The van der Waals surface area contributed by atoms with E-state index in [4.69, 9.17) is 9.90 Å². The fourth-order valence-corrected chi connectivity index (χ4v) is 3.08. The van der Waals surface area contributed by atoms with E-state index in [1.165, 1.54) is 6.07 Å². The van der Waals surface area contributed by atoms with Crippen LogP contribution in [0.25, 0.3) is 5.69 Å². The molecule has 1 aliphatic heterocycles. The summed E-state index contributed by atoms with van der Waals surface area (Å²) in [5, 5.41) is 20.6. The second-order valence-electron chi connectivity index (χ2n) is 6.93.